The predicted octanol–water partition coefficient (Wildman–Crippen LogP) is 4.06. The minimum Gasteiger partial charge on any atom is -0.483 e. The van der Waals surface area contributed by atoms with Gasteiger partial charge in [-0.1, -0.05) is 19.4 Å². The van der Waals surface area contributed by atoms with E-state index in [4.69, 9.17) is 23.1 Å². The minimum absolute atomic E-state index is 0.0527. The molecule has 27 heavy (non-hydrogen) atoms. The highest BCUT2D eigenvalue weighted by Crippen LogP contribution is 2.27. The zero-order valence-corrected chi connectivity index (χ0v) is 17.4. The summed E-state index contributed by atoms with van der Waals surface area (Å²) in [6.07, 6.45) is 3.64. The Labute approximate surface area is 161 Å². The second-order valence-electron chi connectivity index (χ2n) is 5.66. The van der Waals surface area contributed by atoms with Crippen molar-refractivity contribution < 1.29 is 32.3 Å². The number of carboxylic acid groups (broad SMARTS) is 1. The van der Waals surface area contributed by atoms with Gasteiger partial charge in [-0.2, -0.15) is 0 Å². The van der Waals surface area contributed by atoms with Crippen LogP contribution in [-0.2, 0) is 18.1 Å². The second-order valence-corrected chi connectivity index (χ2v) is 8.38. The van der Waals surface area contributed by atoms with Gasteiger partial charge in [0.15, 0.2) is 17.3 Å². The van der Waals surface area contributed by atoms with E-state index < -0.39 is 26.3 Å². The summed E-state index contributed by atoms with van der Waals surface area (Å²) in [5.74, 6) is -1.63. The molecule has 0 bridgehead atoms. The molecule has 6 nitrogen and oxygen atoms in total. The molecule has 1 aromatic rings. The topological polar surface area (TPSA) is 74.2 Å². The number of ether oxygens (including phenoxy) is 1. The van der Waals surface area contributed by atoms with Gasteiger partial charge in [0.2, 0.25) is 0 Å². The normalized spacial score (nSPS) is 13.1. The minimum atomic E-state index is -3.18. The SMILES string of the molecule is CCCC(Oc1ccc(/C=C/C(=O)O)cc1F)[Si](OCC)(OCC)OCC. The third kappa shape index (κ3) is 7.06. The fourth-order valence-corrected chi connectivity index (χ4v) is 5.54. The lowest BCUT2D eigenvalue weighted by molar-refractivity contribution is -0.131. The molecule has 0 heterocycles. The van der Waals surface area contributed by atoms with E-state index in [1.807, 2.05) is 27.7 Å². The molecule has 0 radical (unpaired) electrons. The molecular weight excluding hydrogens is 371 g/mol. The third-order valence-electron chi connectivity index (χ3n) is 3.63. The Morgan fingerprint density at radius 3 is 2.19 bits per heavy atom. The van der Waals surface area contributed by atoms with Crippen LogP contribution in [0.2, 0.25) is 0 Å². The Morgan fingerprint density at radius 2 is 1.74 bits per heavy atom. The first kappa shape index (κ1) is 23.3. The van der Waals surface area contributed by atoms with E-state index in [0.29, 0.717) is 31.8 Å². The molecular formula is C19H29FO6Si. The molecule has 1 unspecified atom stereocenters. The van der Waals surface area contributed by atoms with Crippen LogP contribution in [-0.4, -0.2) is 45.4 Å². The Morgan fingerprint density at radius 1 is 1.15 bits per heavy atom. The van der Waals surface area contributed by atoms with E-state index in [0.717, 1.165) is 12.5 Å². The van der Waals surface area contributed by atoms with E-state index in [-0.39, 0.29) is 5.75 Å². The molecule has 0 saturated heterocycles. The van der Waals surface area contributed by atoms with Crippen molar-refractivity contribution in [3.05, 3.63) is 35.7 Å². The van der Waals surface area contributed by atoms with Crippen molar-refractivity contribution in [3.8, 4) is 5.75 Å². The van der Waals surface area contributed by atoms with Crippen LogP contribution in [0.5, 0.6) is 5.75 Å². The van der Waals surface area contributed by atoms with Gasteiger partial charge in [-0.15, -0.1) is 0 Å². The maximum atomic E-state index is 14.5. The first-order valence-electron chi connectivity index (χ1n) is 9.21. The molecule has 0 aliphatic carbocycles. The first-order chi connectivity index (χ1) is 12.9. The van der Waals surface area contributed by atoms with Gasteiger partial charge in [-0.05, 0) is 51.0 Å². The van der Waals surface area contributed by atoms with Gasteiger partial charge in [0, 0.05) is 25.9 Å². The Kier molecular flexibility index (Phi) is 10.2. The molecule has 1 N–H and O–H groups in total. The molecule has 1 aromatic carbocycles. The molecule has 1 rings (SSSR count). The van der Waals surface area contributed by atoms with Gasteiger partial charge in [-0.25, -0.2) is 9.18 Å². The molecule has 0 spiro atoms. The lowest BCUT2D eigenvalue weighted by Crippen LogP contribution is -2.59. The van der Waals surface area contributed by atoms with Gasteiger partial charge >= 0.3 is 14.8 Å². The first-order valence-corrected chi connectivity index (χ1v) is 11.0. The smallest absolute Gasteiger partial charge is 0.483 e. The van der Waals surface area contributed by atoms with Crippen LogP contribution in [0, 0.1) is 5.82 Å². The number of rotatable bonds is 13. The molecule has 8 heteroatoms. The fourth-order valence-electron chi connectivity index (χ4n) is 2.61. The summed E-state index contributed by atoms with van der Waals surface area (Å²) in [5, 5.41) is 8.68. The summed E-state index contributed by atoms with van der Waals surface area (Å²) in [5.41, 5.74) is -0.116. The highest BCUT2D eigenvalue weighted by molar-refractivity contribution is 6.62. The van der Waals surface area contributed by atoms with Gasteiger partial charge < -0.3 is 23.1 Å². The fraction of sp³-hybridized carbons (Fsp3) is 0.526. The van der Waals surface area contributed by atoms with Crippen LogP contribution in [0.1, 0.15) is 46.1 Å². The van der Waals surface area contributed by atoms with Crippen molar-refractivity contribution >= 4 is 20.8 Å². The van der Waals surface area contributed by atoms with Crippen molar-refractivity contribution in [2.75, 3.05) is 19.8 Å². The Bertz CT molecular complexity index is 605. The van der Waals surface area contributed by atoms with Crippen molar-refractivity contribution in [2.24, 2.45) is 0 Å². The molecule has 0 aliphatic heterocycles. The zero-order chi connectivity index (χ0) is 20.3. The van der Waals surface area contributed by atoms with Gasteiger partial charge in [-0.3, -0.25) is 0 Å². The molecule has 152 valence electrons. The summed E-state index contributed by atoms with van der Waals surface area (Å²) in [7, 11) is -3.18. The van der Waals surface area contributed by atoms with Crippen molar-refractivity contribution in [1.82, 2.24) is 0 Å². The molecule has 0 amide bonds. The van der Waals surface area contributed by atoms with Crippen molar-refractivity contribution in [2.45, 2.75) is 46.3 Å². The van der Waals surface area contributed by atoms with Crippen LogP contribution in [0.3, 0.4) is 0 Å². The number of benzene rings is 1. The van der Waals surface area contributed by atoms with Crippen molar-refractivity contribution in [3.63, 3.8) is 0 Å². The van der Waals surface area contributed by atoms with Gasteiger partial charge in [0.25, 0.3) is 0 Å². The van der Waals surface area contributed by atoms with E-state index >= 15 is 0 Å². The summed E-state index contributed by atoms with van der Waals surface area (Å²) in [4.78, 5) is 10.6. The van der Waals surface area contributed by atoms with Crippen LogP contribution >= 0.6 is 0 Å². The summed E-state index contributed by atoms with van der Waals surface area (Å²) < 4.78 is 38.2. The third-order valence-corrected chi connectivity index (χ3v) is 6.89. The van der Waals surface area contributed by atoms with E-state index in [1.165, 1.54) is 18.2 Å². The molecule has 0 saturated carbocycles. The lowest BCUT2D eigenvalue weighted by Gasteiger charge is -2.35. The highest BCUT2D eigenvalue weighted by atomic mass is 28.4. The Balaban J connectivity index is 3.14. The average Bonchev–Trinajstić information content (AvgIpc) is 2.62. The van der Waals surface area contributed by atoms with E-state index in [9.17, 15) is 9.18 Å². The quantitative estimate of drug-likeness (QED) is 0.398. The van der Waals surface area contributed by atoms with Gasteiger partial charge in [0.1, 0.15) is 0 Å². The van der Waals surface area contributed by atoms with E-state index in [1.54, 1.807) is 6.07 Å². The molecule has 0 aliphatic rings. The molecule has 0 fully saturated rings. The monoisotopic (exact) mass is 400 g/mol. The van der Waals surface area contributed by atoms with Crippen LogP contribution in [0.4, 0.5) is 4.39 Å². The number of carbonyl (C=O) groups is 1. The van der Waals surface area contributed by atoms with Crippen LogP contribution in [0.15, 0.2) is 24.3 Å². The number of halogens is 1. The largest absolute Gasteiger partial charge is 0.543 e. The van der Waals surface area contributed by atoms with E-state index in [2.05, 4.69) is 0 Å². The second kappa shape index (κ2) is 11.9. The van der Waals surface area contributed by atoms with Crippen LogP contribution in [0.25, 0.3) is 6.08 Å². The summed E-state index contributed by atoms with van der Waals surface area (Å²) in [6.45, 7) is 8.76. The average molecular weight is 401 g/mol. The summed E-state index contributed by atoms with van der Waals surface area (Å²) >= 11 is 0. The number of carboxylic acids is 1. The molecule has 0 aromatic heterocycles. The Hall–Kier alpha value is -1.74. The van der Waals surface area contributed by atoms with Crippen LogP contribution < -0.4 is 4.74 Å². The van der Waals surface area contributed by atoms with Crippen molar-refractivity contribution in [1.29, 1.82) is 0 Å². The lowest BCUT2D eigenvalue weighted by atomic mass is 10.2. The standard InChI is InChI=1S/C19H29FO6Si/c1-5-9-19(27(23-6-2,24-7-3)25-8-4)26-17-12-10-15(14-16(17)20)11-13-18(21)22/h10-14,19H,5-9H2,1-4H3,(H,21,22)/b13-11+. The number of aliphatic carboxylic acids is 1. The highest BCUT2D eigenvalue weighted by Gasteiger charge is 2.51. The van der Waals surface area contributed by atoms with Gasteiger partial charge in [0.05, 0.1) is 0 Å². The summed E-state index contributed by atoms with van der Waals surface area (Å²) in [6, 6.07) is 4.29. The predicted molar refractivity (Wildman–Crippen MR) is 103 cm³/mol. The number of hydrogen-bond acceptors (Lipinski definition) is 5. The molecule has 1 atom stereocenters. The number of hydrogen-bond donors (Lipinski definition) is 1. The maximum Gasteiger partial charge on any atom is 0.543 e. The maximum absolute atomic E-state index is 14.5. The zero-order valence-electron chi connectivity index (χ0n) is 16.4.